The van der Waals surface area contributed by atoms with Crippen LogP contribution in [0.4, 0.5) is 0 Å². The lowest BCUT2D eigenvalue weighted by atomic mass is 10.0. The molecule has 0 saturated carbocycles. The Hall–Kier alpha value is -0.860. The molecule has 0 fully saturated rings. The Kier molecular flexibility index (Phi) is 3.26. The van der Waals surface area contributed by atoms with Crippen LogP contribution in [0.15, 0.2) is 30.3 Å². The molecule has 0 aliphatic heterocycles. The Morgan fingerprint density at radius 3 is 2.25 bits per heavy atom. The summed E-state index contributed by atoms with van der Waals surface area (Å²) < 4.78 is 0. The average Bonchev–Trinajstić information content (AvgIpc) is 2.07. The van der Waals surface area contributed by atoms with Crippen LogP contribution in [0.5, 0.6) is 0 Å². The van der Waals surface area contributed by atoms with Crippen molar-refractivity contribution in [1.82, 2.24) is 5.32 Å². The number of nitrogens with two attached hydrogens (primary N) is 1. The second-order valence-electron chi connectivity index (χ2n) is 3.04. The molecular formula is C10H16N2. The molecule has 0 bridgehead atoms. The number of hydrogen-bond acceptors (Lipinski definition) is 2. The van der Waals surface area contributed by atoms with Crippen LogP contribution in [-0.2, 0) is 0 Å². The number of likely N-dealkylation sites (N-methyl/N-ethyl adjacent to an activating group) is 1. The molecule has 0 amide bonds. The van der Waals surface area contributed by atoms with E-state index < -0.39 is 0 Å². The number of rotatable bonds is 3. The van der Waals surface area contributed by atoms with Crippen molar-refractivity contribution in [2.45, 2.75) is 19.0 Å². The van der Waals surface area contributed by atoms with E-state index in [9.17, 15) is 0 Å². The molecule has 0 aliphatic rings. The van der Waals surface area contributed by atoms with E-state index in [4.69, 9.17) is 5.73 Å². The van der Waals surface area contributed by atoms with E-state index in [-0.39, 0.29) is 12.1 Å². The Morgan fingerprint density at radius 2 is 1.83 bits per heavy atom. The predicted molar refractivity (Wildman–Crippen MR) is 51.9 cm³/mol. The Balaban J connectivity index is 2.80. The summed E-state index contributed by atoms with van der Waals surface area (Å²) in [6, 6.07) is 10.6. The van der Waals surface area contributed by atoms with E-state index >= 15 is 0 Å². The Bertz CT molecular complexity index is 219. The van der Waals surface area contributed by atoms with Crippen LogP contribution in [0.25, 0.3) is 0 Å². The van der Waals surface area contributed by atoms with E-state index in [0.29, 0.717) is 0 Å². The second-order valence-corrected chi connectivity index (χ2v) is 3.04. The van der Waals surface area contributed by atoms with Crippen LogP contribution in [0.3, 0.4) is 0 Å². The molecule has 0 spiro atoms. The van der Waals surface area contributed by atoms with Gasteiger partial charge in [0.2, 0.25) is 0 Å². The molecule has 1 aromatic rings. The first-order chi connectivity index (χ1) is 5.75. The fourth-order valence-electron chi connectivity index (χ4n) is 1.39. The van der Waals surface area contributed by atoms with Crippen molar-refractivity contribution in [1.29, 1.82) is 0 Å². The van der Waals surface area contributed by atoms with Gasteiger partial charge in [0.15, 0.2) is 0 Å². The third kappa shape index (κ3) is 2.06. The van der Waals surface area contributed by atoms with Crippen LogP contribution in [0.2, 0.25) is 0 Å². The molecular weight excluding hydrogens is 148 g/mol. The van der Waals surface area contributed by atoms with Gasteiger partial charge in [-0.15, -0.1) is 0 Å². The van der Waals surface area contributed by atoms with Gasteiger partial charge in [0.25, 0.3) is 0 Å². The molecule has 0 aromatic heterocycles. The van der Waals surface area contributed by atoms with Crippen LogP contribution in [0.1, 0.15) is 18.5 Å². The molecule has 2 nitrogen and oxygen atoms in total. The average molecular weight is 164 g/mol. The van der Waals surface area contributed by atoms with E-state index in [2.05, 4.69) is 17.4 Å². The van der Waals surface area contributed by atoms with Gasteiger partial charge in [-0.1, -0.05) is 30.3 Å². The second kappa shape index (κ2) is 4.24. The maximum atomic E-state index is 5.82. The van der Waals surface area contributed by atoms with E-state index in [0.717, 1.165) is 0 Å². The summed E-state index contributed by atoms with van der Waals surface area (Å²) in [5.74, 6) is 0. The summed E-state index contributed by atoms with van der Waals surface area (Å²) in [6.07, 6.45) is 0. The third-order valence-electron chi connectivity index (χ3n) is 2.00. The predicted octanol–water partition coefficient (Wildman–Crippen LogP) is 1.29. The van der Waals surface area contributed by atoms with Gasteiger partial charge in [-0.3, -0.25) is 0 Å². The highest BCUT2D eigenvalue weighted by atomic mass is 14.9. The summed E-state index contributed by atoms with van der Waals surface area (Å²) in [5.41, 5.74) is 7.06. The van der Waals surface area contributed by atoms with Crippen molar-refractivity contribution in [2.24, 2.45) is 5.73 Å². The van der Waals surface area contributed by atoms with Gasteiger partial charge in [0, 0.05) is 12.1 Å². The van der Waals surface area contributed by atoms with Crippen molar-refractivity contribution in [3.8, 4) is 0 Å². The highest BCUT2D eigenvalue weighted by Crippen LogP contribution is 2.13. The minimum Gasteiger partial charge on any atom is -0.326 e. The van der Waals surface area contributed by atoms with Crippen molar-refractivity contribution < 1.29 is 0 Å². The molecule has 0 heterocycles. The maximum absolute atomic E-state index is 5.82. The van der Waals surface area contributed by atoms with Crippen molar-refractivity contribution in [3.63, 3.8) is 0 Å². The van der Waals surface area contributed by atoms with Gasteiger partial charge in [0.05, 0.1) is 0 Å². The van der Waals surface area contributed by atoms with E-state index in [1.807, 2.05) is 32.2 Å². The fourth-order valence-corrected chi connectivity index (χ4v) is 1.39. The molecule has 2 atom stereocenters. The van der Waals surface area contributed by atoms with Gasteiger partial charge in [-0.25, -0.2) is 0 Å². The normalized spacial score (nSPS) is 15.6. The summed E-state index contributed by atoms with van der Waals surface area (Å²) in [4.78, 5) is 0. The zero-order chi connectivity index (χ0) is 8.97. The van der Waals surface area contributed by atoms with Crippen molar-refractivity contribution >= 4 is 0 Å². The molecule has 0 radical (unpaired) electrons. The molecule has 0 unspecified atom stereocenters. The minimum absolute atomic E-state index is 0.136. The standard InChI is InChI=1S/C10H16N2/c1-8(11)10(12-2)9-6-4-3-5-7-9/h3-8,10,12H,11H2,1-2H3/t8-,10+/m0/s1. The quantitative estimate of drug-likeness (QED) is 0.706. The van der Waals surface area contributed by atoms with Crippen LogP contribution in [0, 0.1) is 0 Å². The first-order valence-corrected chi connectivity index (χ1v) is 4.23. The molecule has 1 rings (SSSR count). The highest BCUT2D eigenvalue weighted by molar-refractivity contribution is 5.19. The molecule has 0 saturated heterocycles. The molecule has 0 aliphatic carbocycles. The van der Waals surface area contributed by atoms with Crippen LogP contribution < -0.4 is 11.1 Å². The lowest BCUT2D eigenvalue weighted by molar-refractivity contribution is 0.504. The monoisotopic (exact) mass is 164 g/mol. The largest absolute Gasteiger partial charge is 0.326 e. The fraction of sp³-hybridized carbons (Fsp3) is 0.400. The smallest absolute Gasteiger partial charge is 0.0468 e. The van der Waals surface area contributed by atoms with Gasteiger partial charge in [-0.05, 0) is 19.5 Å². The number of hydrogen-bond donors (Lipinski definition) is 2. The zero-order valence-corrected chi connectivity index (χ0v) is 7.62. The zero-order valence-electron chi connectivity index (χ0n) is 7.62. The Morgan fingerprint density at radius 1 is 1.25 bits per heavy atom. The van der Waals surface area contributed by atoms with Crippen LogP contribution >= 0.6 is 0 Å². The van der Waals surface area contributed by atoms with Crippen molar-refractivity contribution in [2.75, 3.05) is 7.05 Å². The van der Waals surface area contributed by atoms with Crippen LogP contribution in [-0.4, -0.2) is 13.1 Å². The first kappa shape index (κ1) is 9.23. The molecule has 66 valence electrons. The van der Waals surface area contributed by atoms with Gasteiger partial charge in [0.1, 0.15) is 0 Å². The molecule has 2 heteroatoms. The van der Waals surface area contributed by atoms with Gasteiger partial charge >= 0.3 is 0 Å². The SMILES string of the molecule is CN[C@@H](c1ccccc1)[C@H](C)N. The lowest BCUT2D eigenvalue weighted by Gasteiger charge is -2.20. The van der Waals surface area contributed by atoms with E-state index in [1.165, 1.54) is 5.56 Å². The highest BCUT2D eigenvalue weighted by Gasteiger charge is 2.12. The molecule has 12 heavy (non-hydrogen) atoms. The maximum Gasteiger partial charge on any atom is 0.0468 e. The van der Waals surface area contributed by atoms with Crippen molar-refractivity contribution in [3.05, 3.63) is 35.9 Å². The first-order valence-electron chi connectivity index (χ1n) is 4.23. The number of benzene rings is 1. The molecule has 1 aromatic carbocycles. The lowest BCUT2D eigenvalue weighted by Crippen LogP contribution is -2.33. The summed E-state index contributed by atoms with van der Waals surface area (Å²) >= 11 is 0. The topological polar surface area (TPSA) is 38.0 Å². The molecule has 3 N–H and O–H groups in total. The Labute approximate surface area is 73.8 Å². The van der Waals surface area contributed by atoms with Gasteiger partial charge in [-0.2, -0.15) is 0 Å². The van der Waals surface area contributed by atoms with Gasteiger partial charge < -0.3 is 11.1 Å². The summed E-state index contributed by atoms with van der Waals surface area (Å²) in [7, 11) is 1.93. The third-order valence-corrected chi connectivity index (χ3v) is 2.00. The number of nitrogens with one attached hydrogen (secondary N) is 1. The summed E-state index contributed by atoms with van der Waals surface area (Å²) in [5, 5.41) is 3.19. The minimum atomic E-state index is 0.136. The van der Waals surface area contributed by atoms with E-state index in [1.54, 1.807) is 0 Å². The summed E-state index contributed by atoms with van der Waals surface area (Å²) in [6.45, 7) is 2.01.